The van der Waals surface area contributed by atoms with Crippen LogP contribution in [0.1, 0.15) is 56.9 Å². The standard InChI is InChI=1S/C21H25ClN2/c1-14(2)19-9-8-17(12-20(19)24-11-10-16(4)23-24)18-7-6-15(3)21(5,22)13-18/h6-12,14H,13H2,1-5H3. The molecule has 0 N–H and O–H groups in total. The van der Waals surface area contributed by atoms with Gasteiger partial charge in [-0.25, -0.2) is 4.68 Å². The molecule has 0 aliphatic heterocycles. The number of halogens is 1. The number of aryl methyl sites for hydroxylation is 1. The van der Waals surface area contributed by atoms with Crippen molar-refractivity contribution in [1.82, 2.24) is 9.78 Å². The zero-order chi connectivity index (χ0) is 17.5. The van der Waals surface area contributed by atoms with Crippen molar-refractivity contribution in [3.63, 3.8) is 0 Å². The molecule has 1 aromatic carbocycles. The van der Waals surface area contributed by atoms with Gasteiger partial charge in [-0.2, -0.15) is 5.10 Å². The van der Waals surface area contributed by atoms with Crippen LogP contribution in [0.15, 0.2) is 48.2 Å². The highest BCUT2D eigenvalue weighted by Gasteiger charge is 2.27. The molecule has 1 atom stereocenters. The van der Waals surface area contributed by atoms with Crippen LogP contribution >= 0.6 is 11.6 Å². The summed E-state index contributed by atoms with van der Waals surface area (Å²) in [5.74, 6) is 0.444. The highest BCUT2D eigenvalue weighted by atomic mass is 35.5. The molecule has 0 radical (unpaired) electrons. The number of alkyl halides is 1. The summed E-state index contributed by atoms with van der Waals surface area (Å²) < 4.78 is 1.98. The predicted molar refractivity (Wildman–Crippen MR) is 103 cm³/mol. The first-order valence-corrected chi connectivity index (χ1v) is 8.89. The molecule has 3 heteroatoms. The van der Waals surface area contributed by atoms with Gasteiger partial charge >= 0.3 is 0 Å². The van der Waals surface area contributed by atoms with Crippen molar-refractivity contribution in [3.8, 4) is 5.69 Å². The summed E-state index contributed by atoms with van der Waals surface area (Å²) in [6, 6.07) is 8.72. The van der Waals surface area contributed by atoms with E-state index in [1.54, 1.807) is 0 Å². The van der Waals surface area contributed by atoms with Crippen molar-refractivity contribution in [2.45, 2.75) is 51.8 Å². The van der Waals surface area contributed by atoms with Crippen LogP contribution in [0.4, 0.5) is 0 Å². The Morgan fingerprint density at radius 1 is 1.17 bits per heavy atom. The number of nitrogens with zero attached hydrogens (tertiary/aromatic N) is 2. The van der Waals surface area contributed by atoms with E-state index in [-0.39, 0.29) is 4.87 Å². The van der Waals surface area contributed by atoms with Crippen molar-refractivity contribution in [1.29, 1.82) is 0 Å². The number of allylic oxidation sites excluding steroid dienone is 4. The SMILES string of the molecule is CC1=CC=C(c2ccc(C(C)C)c(-n3ccc(C)n3)c2)CC1(C)Cl. The van der Waals surface area contributed by atoms with Crippen LogP contribution in [-0.4, -0.2) is 14.7 Å². The van der Waals surface area contributed by atoms with E-state index < -0.39 is 0 Å². The Morgan fingerprint density at radius 3 is 2.50 bits per heavy atom. The van der Waals surface area contributed by atoms with Gasteiger partial charge < -0.3 is 0 Å². The van der Waals surface area contributed by atoms with Crippen molar-refractivity contribution in [2.75, 3.05) is 0 Å². The van der Waals surface area contributed by atoms with Crippen molar-refractivity contribution < 1.29 is 0 Å². The summed E-state index contributed by atoms with van der Waals surface area (Å²) in [6.45, 7) is 10.6. The normalized spacial score (nSPS) is 21.0. The monoisotopic (exact) mass is 340 g/mol. The van der Waals surface area contributed by atoms with Crippen molar-refractivity contribution in [2.24, 2.45) is 0 Å². The fourth-order valence-electron chi connectivity index (χ4n) is 3.13. The molecule has 126 valence electrons. The largest absolute Gasteiger partial charge is 0.240 e. The van der Waals surface area contributed by atoms with Gasteiger partial charge in [0.25, 0.3) is 0 Å². The van der Waals surface area contributed by atoms with Crippen LogP contribution in [0, 0.1) is 6.92 Å². The smallest absolute Gasteiger partial charge is 0.0686 e. The fraction of sp³-hybridized carbons (Fsp3) is 0.381. The second-order valence-corrected chi connectivity index (χ2v) is 8.08. The van der Waals surface area contributed by atoms with Crippen molar-refractivity contribution >= 4 is 17.2 Å². The van der Waals surface area contributed by atoms with Gasteiger partial charge in [0.1, 0.15) is 0 Å². The molecular formula is C21H25ClN2. The maximum atomic E-state index is 6.68. The lowest BCUT2D eigenvalue weighted by Crippen LogP contribution is -2.21. The lowest BCUT2D eigenvalue weighted by molar-refractivity contribution is 0.742. The third-order valence-corrected chi connectivity index (χ3v) is 5.30. The second-order valence-electron chi connectivity index (χ2n) is 7.25. The van der Waals surface area contributed by atoms with Crippen LogP contribution in [0.2, 0.25) is 0 Å². The maximum Gasteiger partial charge on any atom is 0.0686 e. The van der Waals surface area contributed by atoms with E-state index in [9.17, 15) is 0 Å². The average Bonchev–Trinajstić information content (AvgIpc) is 2.95. The lowest BCUT2D eigenvalue weighted by atomic mass is 9.85. The highest BCUT2D eigenvalue weighted by molar-refractivity contribution is 6.26. The zero-order valence-corrected chi connectivity index (χ0v) is 15.9. The summed E-state index contributed by atoms with van der Waals surface area (Å²) in [5, 5.41) is 4.61. The molecule has 1 aliphatic carbocycles. The molecule has 1 aromatic heterocycles. The zero-order valence-electron chi connectivity index (χ0n) is 15.1. The Balaban J connectivity index is 2.09. The summed E-state index contributed by atoms with van der Waals surface area (Å²) in [5.41, 5.74) is 7.20. The van der Waals surface area contributed by atoms with Gasteiger partial charge in [-0.15, -0.1) is 11.6 Å². The van der Waals surface area contributed by atoms with Crippen LogP contribution in [0.25, 0.3) is 11.3 Å². The van der Waals surface area contributed by atoms with Crippen LogP contribution in [-0.2, 0) is 0 Å². The molecule has 1 unspecified atom stereocenters. The molecule has 0 spiro atoms. The molecule has 0 saturated heterocycles. The minimum absolute atomic E-state index is 0.302. The first-order valence-electron chi connectivity index (χ1n) is 8.52. The number of aromatic nitrogens is 2. The van der Waals surface area contributed by atoms with Crippen LogP contribution < -0.4 is 0 Å². The van der Waals surface area contributed by atoms with Crippen LogP contribution in [0.5, 0.6) is 0 Å². The Kier molecular flexibility index (Phi) is 4.44. The van der Waals surface area contributed by atoms with Gasteiger partial charge in [0.2, 0.25) is 0 Å². The van der Waals surface area contributed by atoms with Gasteiger partial charge in [0.15, 0.2) is 0 Å². The molecule has 3 rings (SSSR count). The van der Waals surface area contributed by atoms with Crippen molar-refractivity contribution in [3.05, 3.63) is 65.0 Å². The fourth-order valence-corrected chi connectivity index (χ4v) is 3.34. The summed E-state index contributed by atoms with van der Waals surface area (Å²) in [4.78, 5) is -0.302. The first kappa shape index (κ1) is 17.0. The molecule has 0 fully saturated rings. The molecule has 0 saturated carbocycles. The van der Waals surface area contributed by atoms with Crippen LogP contribution in [0.3, 0.4) is 0 Å². The number of hydrogen-bond acceptors (Lipinski definition) is 1. The number of hydrogen-bond donors (Lipinski definition) is 0. The Bertz CT molecular complexity index is 822. The third-order valence-electron chi connectivity index (χ3n) is 4.87. The minimum atomic E-state index is -0.302. The Labute approximate surface area is 149 Å². The quantitative estimate of drug-likeness (QED) is 0.623. The summed E-state index contributed by atoms with van der Waals surface area (Å²) >= 11 is 6.68. The molecular weight excluding hydrogens is 316 g/mol. The molecule has 1 heterocycles. The van der Waals surface area contributed by atoms with Gasteiger partial charge in [-0.3, -0.25) is 0 Å². The Morgan fingerprint density at radius 2 is 1.92 bits per heavy atom. The highest BCUT2D eigenvalue weighted by Crippen LogP contribution is 2.39. The third kappa shape index (κ3) is 3.21. The summed E-state index contributed by atoms with van der Waals surface area (Å²) in [6.07, 6.45) is 7.21. The van der Waals surface area contributed by atoms with E-state index in [4.69, 9.17) is 11.6 Å². The molecule has 0 amide bonds. The number of benzene rings is 1. The van der Waals surface area contributed by atoms with Gasteiger partial charge in [-0.05, 0) is 61.9 Å². The summed E-state index contributed by atoms with van der Waals surface area (Å²) in [7, 11) is 0. The molecule has 24 heavy (non-hydrogen) atoms. The van der Waals surface area contributed by atoms with E-state index in [1.165, 1.54) is 22.3 Å². The van der Waals surface area contributed by atoms with Gasteiger partial charge in [0, 0.05) is 6.20 Å². The second kappa shape index (κ2) is 6.25. The minimum Gasteiger partial charge on any atom is -0.240 e. The lowest BCUT2D eigenvalue weighted by Gasteiger charge is -2.28. The molecule has 2 aromatic rings. The average molecular weight is 341 g/mol. The first-order chi connectivity index (χ1) is 11.3. The molecule has 2 nitrogen and oxygen atoms in total. The maximum absolute atomic E-state index is 6.68. The molecule has 1 aliphatic rings. The van der Waals surface area contributed by atoms with Gasteiger partial charge in [0.05, 0.1) is 16.3 Å². The molecule has 0 bridgehead atoms. The topological polar surface area (TPSA) is 17.8 Å². The Hall–Kier alpha value is -1.80. The van der Waals surface area contributed by atoms with E-state index in [0.717, 1.165) is 17.8 Å². The van der Waals surface area contributed by atoms with Gasteiger partial charge in [-0.1, -0.05) is 43.7 Å². The van der Waals surface area contributed by atoms with E-state index in [2.05, 4.69) is 63.1 Å². The predicted octanol–water partition coefficient (Wildman–Crippen LogP) is 6.04. The van der Waals surface area contributed by atoms with E-state index in [1.807, 2.05) is 23.9 Å². The number of rotatable bonds is 3. The van der Waals surface area contributed by atoms with E-state index >= 15 is 0 Å². The van der Waals surface area contributed by atoms with E-state index in [0.29, 0.717) is 5.92 Å².